The summed E-state index contributed by atoms with van der Waals surface area (Å²) in [6.45, 7) is 3.48. The molecule has 0 fully saturated rings. The number of thioether (sulfide) groups is 1. The van der Waals surface area contributed by atoms with E-state index in [1.165, 1.54) is 0 Å². The number of unbranched alkanes of at least 4 members (excludes halogenated alkanes) is 1. The highest BCUT2D eigenvalue weighted by Gasteiger charge is 2.11. The van der Waals surface area contributed by atoms with Crippen molar-refractivity contribution in [2.75, 3.05) is 30.4 Å². The van der Waals surface area contributed by atoms with Crippen molar-refractivity contribution in [3.63, 3.8) is 0 Å². The van der Waals surface area contributed by atoms with Crippen LogP contribution in [0.3, 0.4) is 0 Å². The van der Waals surface area contributed by atoms with Gasteiger partial charge in [-0.15, -0.1) is 0 Å². The number of amides is 1. The van der Waals surface area contributed by atoms with Crippen molar-refractivity contribution in [2.24, 2.45) is 0 Å². The second-order valence-electron chi connectivity index (χ2n) is 4.18. The number of halogens is 1. The van der Waals surface area contributed by atoms with E-state index in [-0.39, 0.29) is 5.91 Å². The highest BCUT2D eigenvalue weighted by atomic mass is 35.5. The molecular formula is C14H21ClN2OS. The van der Waals surface area contributed by atoms with Crippen LogP contribution in [0.15, 0.2) is 18.2 Å². The molecule has 0 aromatic heterocycles. The third-order valence-electron chi connectivity index (χ3n) is 2.65. The topological polar surface area (TPSA) is 41.1 Å². The molecule has 2 N–H and O–H groups in total. The first kappa shape index (κ1) is 16.2. The summed E-state index contributed by atoms with van der Waals surface area (Å²) in [5.74, 6) is 1.07. The zero-order chi connectivity index (χ0) is 14.1. The highest BCUT2D eigenvalue weighted by molar-refractivity contribution is 7.98. The Hall–Kier alpha value is -0.870. The number of rotatable bonds is 8. The third kappa shape index (κ3) is 5.74. The zero-order valence-electron chi connectivity index (χ0n) is 11.5. The standard InChI is InChI=1S/C14H21ClN2OS/c1-3-16-13-7-6-11(15)10-12(13)14(18)17-8-4-5-9-19-2/h6-7,10,16H,3-5,8-9H2,1-2H3,(H,17,18). The van der Waals surface area contributed by atoms with Crippen molar-refractivity contribution < 1.29 is 4.79 Å². The first-order chi connectivity index (χ1) is 9.19. The number of hydrogen-bond donors (Lipinski definition) is 2. The van der Waals surface area contributed by atoms with Crippen LogP contribution < -0.4 is 10.6 Å². The largest absolute Gasteiger partial charge is 0.385 e. The molecule has 5 heteroatoms. The Bertz CT molecular complexity index is 412. The molecule has 19 heavy (non-hydrogen) atoms. The number of carbonyl (C=O) groups excluding carboxylic acids is 1. The molecule has 1 amide bonds. The van der Waals surface area contributed by atoms with Crippen molar-refractivity contribution in [1.82, 2.24) is 5.32 Å². The lowest BCUT2D eigenvalue weighted by atomic mass is 10.1. The van der Waals surface area contributed by atoms with Gasteiger partial charge >= 0.3 is 0 Å². The van der Waals surface area contributed by atoms with Crippen molar-refractivity contribution in [1.29, 1.82) is 0 Å². The van der Waals surface area contributed by atoms with Gasteiger partial charge in [0.2, 0.25) is 0 Å². The molecular weight excluding hydrogens is 280 g/mol. The molecule has 0 heterocycles. The lowest BCUT2D eigenvalue weighted by molar-refractivity contribution is 0.0954. The molecule has 0 atom stereocenters. The second kappa shape index (κ2) is 9.10. The van der Waals surface area contributed by atoms with Crippen molar-refractivity contribution >= 4 is 35.0 Å². The average Bonchev–Trinajstić information content (AvgIpc) is 2.40. The van der Waals surface area contributed by atoms with Crippen LogP contribution in [0.25, 0.3) is 0 Å². The van der Waals surface area contributed by atoms with Crippen LogP contribution in [-0.4, -0.2) is 31.0 Å². The summed E-state index contributed by atoms with van der Waals surface area (Å²) in [5.41, 5.74) is 1.44. The van der Waals surface area contributed by atoms with Gasteiger partial charge in [0, 0.05) is 23.8 Å². The van der Waals surface area contributed by atoms with Gasteiger partial charge in [-0.2, -0.15) is 11.8 Å². The maximum atomic E-state index is 12.1. The third-order valence-corrected chi connectivity index (χ3v) is 3.59. The van der Waals surface area contributed by atoms with Gasteiger partial charge < -0.3 is 10.6 Å². The second-order valence-corrected chi connectivity index (χ2v) is 5.60. The van der Waals surface area contributed by atoms with Crippen molar-refractivity contribution in [2.45, 2.75) is 19.8 Å². The first-order valence-corrected chi connectivity index (χ1v) is 8.26. The Morgan fingerprint density at radius 2 is 2.16 bits per heavy atom. The van der Waals surface area contributed by atoms with E-state index >= 15 is 0 Å². The molecule has 1 aromatic carbocycles. The van der Waals surface area contributed by atoms with Crippen LogP contribution in [0.2, 0.25) is 5.02 Å². The van der Waals surface area contributed by atoms with Crippen LogP contribution in [-0.2, 0) is 0 Å². The quantitative estimate of drug-likeness (QED) is 0.720. The maximum absolute atomic E-state index is 12.1. The summed E-state index contributed by atoms with van der Waals surface area (Å²) in [7, 11) is 0. The van der Waals surface area contributed by atoms with Gasteiger partial charge in [-0.3, -0.25) is 4.79 Å². The molecule has 0 bridgehead atoms. The minimum absolute atomic E-state index is 0.0670. The van der Waals surface area contributed by atoms with E-state index in [0.717, 1.165) is 30.8 Å². The Morgan fingerprint density at radius 1 is 1.37 bits per heavy atom. The Morgan fingerprint density at radius 3 is 2.84 bits per heavy atom. The molecule has 0 unspecified atom stereocenters. The van der Waals surface area contributed by atoms with Gasteiger partial charge in [-0.05, 0) is 50.0 Å². The summed E-state index contributed by atoms with van der Waals surface area (Å²) in [4.78, 5) is 12.1. The van der Waals surface area contributed by atoms with E-state index in [1.54, 1.807) is 12.1 Å². The highest BCUT2D eigenvalue weighted by Crippen LogP contribution is 2.20. The number of hydrogen-bond acceptors (Lipinski definition) is 3. The summed E-state index contributed by atoms with van der Waals surface area (Å²) in [5, 5.41) is 6.69. The lowest BCUT2D eigenvalue weighted by Crippen LogP contribution is -2.25. The van der Waals surface area contributed by atoms with E-state index in [4.69, 9.17) is 11.6 Å². The maximum Gasteiger partial charge on any atom is 0.253 e. The SMILES string of the molecule is CCNc1ccc(Cl)cc1C(=O)NCCCCSC. The molecule has 0 saturated carbocycles. The Labute approximate surface area is 124 Å². The van der Waals surface area contributed by atoms with Gasteiger partial charge in [-0.25, -0.2) is 0 Å². The minimum atomic E-state index is -0.0670. The van der Waals surface area contributed by atoms with Crippen LogP contribution in [0, 0.1) is 0 Å². The molecule has 0 radical (unpaired) electrons. The molecule has 1 aromatic rings. The Kier molecular flexibility index (Phi) is 7.75. The van der Waals surface area contributed by atoms with Crippen LogP contribution in [0.1, 0.15) is 30.1 Å². The molecule has 0 spiro atoms. The molecule has 1 rings (SSSR count). The predicted octanol–water partition coefficient (Wildman–Crippen LogP) is 3.64. The van der Waals surface area contributed by atoms with Crippen LogP contribution in [0.4, 0.5) is 5.69 Å². The molecule has 106 valence electrons. The molecule has 0 aliphatic heterocycles. The van der Waals surface area contributed by atoms with Gasteiger partial charge in [-0.1, -0.05) is 11.6 Å². The fraction of sp³-hybridized carbons (Fsp3) is 0.500. The van der Waals surface area contributed by atoms with E-state index in [1.807, 2.05) is 24.8 Å². The molecule has 0 aliphatic rings. The van der Waals surface area contributed by atoms with Crippen LogP contribution in [0.5, 0.6) is 0 Å². The Balaban J connectivity index is 2.57. The smallest absolute Gasteiger partial charge is 0.253 e. The number of benzene rings is 1. The van der Waals surface area contributed by atoms with E-state index < -0.39 is 0 Å². The minimum Gasteiger partial charge on any atom is -0.385 e. The summed E-state index contributed by atoms with van der Waals surface area (Å²) in [6.07, 6.45) is 4.22. The van der Waals surface area contributed by atoms with Gasteiger partial charge in [0.05, 0.1) is 5.56 Å². The normalized spacial score (nSPS) is 10.3. The molecule has 0 saturated heterocycles. The summed E-state index contributed by atoms with van der Waals surface area (Å²) < 4.78 is 0. The fourth-order valence-electron chi connectivity index (χ4n) is 1.72. The molecule has 3 nitrogen and oxygen atoms in total. The predicted molar refractivity (Wildman–Crippen MR) is 85.6 cm³/mol. The summed E-state index contributed by atoms with van der Waals surface area (Å²) in [6, 6.07) is 5.33. The average molecular weight is 301 g/mol. The number of carbonyl (C=O) groups is 1. The van der Waals surface area contributed by atoms with E-state index in [2.05, 4.69) is 16.9 Å². The van der Waals surface area contributed by atoms with Gasteiger partial charge in [0.1, 0.15) is 0 Å². The lowest BCUT2D eigenvalue weighted by Gasteiger charge is -2.11. The van der Waals surface area contributed by atoms with Crippen molar-refractivity contribution in [3.05, 3.63) is 28.8 Å². The fourth-order valence-corrected chi connectivity index (χ4v) is 2.38. The van der Waals surface area contributed by atoms with E-state index in [9.17, 15) is 4.79 Å². The van der Waals surface area contributed by atoms with Crippen molar-refractivity contribution in [3.8, 4) is 0 Å². The monoisotopic (exact) mass is 300 g/mol. The number of nitrogens with one attached hydrogen (secondary N) is 2. The first-order valence-electron chi connectivity index (χ1n) is 6.49. The van der Waals surface area contributed by atoms with Gasteiger partial charge in [0.15, 0.2) is 0 Å². The van der Waals surface area contributed by atoms with E-state index in [0.29, 0.717) is 17.1 Å². The van der Waals surface area contributed by atoms with Gasteiger partial charge in [0.25, 0.3) is 5.91 Å². The zero-order valence-corrected chi connectivity index (χ0v) is 13.0. The summed E-state index contributed by atoms with van der Waals surface area (Å²) >= 11 is 7.78. The molecule has 0 aliphatic carbocycles. The van der Waals surface area contributed by atoms with Crippen LogP contribution >= 0.6 is 23.4 Å². The number of anilines is 1.